The van der Waals surface area contributed by atoms with Crippen molar-refractivity contribution in [2.75, 3.05) is 0 Å². The predicted octanol–water partition coefficient (Wildman–Crippen LogP) is 10.3. The predicted molar refractivity (Wildman–Crippen MR) is 230 cm³/mol. The Hall–Kier alpha value is -5.75. The fourth-order valence-corrected chi connectivity index (χ4v) is 15.0. The number of para-hydroxylation sites is 4. The molecule has 3 nitrogen and oxygen atoms in total. The third-order valence-electron chi connectivity index (χ3n) is 11.4. The summed E-state index contributed by atoms with van der Waals surface area (Å²) >= 11 is 1.78. The molecule has 0 bridgehead atoms. The Balaban J connectivity index is 1.27. The Morgan fingerprint density at radius 1 is 0.611 bits per heavy atom. The zero-order valence-corrected chi connectivity index (χ0v) is 32.7. The average molecular weight is 733 g/mol. The lowest BCUT2D eigenvalue weighted by Crippen LogP contribution is -2.75. The minimum Gasteiger partial charge on any atom is -0.457 e. The first kappa shape index (κ1) is 32.9. The maximum atomic E-state index is 7.07. The number of aromatic nitrogens is 2. The van der Waals surface area contributed by atoms with Gasteiger partial charge >= 0.3 is 0 Å². The normalized spacial score (nSPS) is 14.3. The van der Waals surface area contributed by atoms with Crippen LogP contribution in [0.15, 0.2) is 164 Å². The number of hydrogen-bond acceptors (Lipinski definition) is 3. The summed E-state index contributed by atoms with van der Waals surface area (Å²) in [5.74, 6) is 2.16. The summed E-state index contributed by atoms with van der Waals surface area (Å²) in [4.78, 5) is 6.06. The first-order valence-corrected chi connectivity index (χ1v) is 21.6. The lowest BCUT2D eigenvalue weighted by molar-refractivity contribution is 0.453. The van der Waals surface area contributed by atoms with E-state index in [1.165, 1.54) is 58.8 Å². The van der Waals surface area contributed by atoms with Gasteiger partial charge in [-0.15, -0.1) is 0 Å². The summed E-state index contributed by atoms with van der Waals surface area (Å²) in [6.07, 6.45) is 0. The van der Waals surface area contributed by atoms with Crippen LogP contribution in [-0.4, -0.2) is 17.5 Å². The van der Waals surface area contributed by atoms with E-state index >= 15 is 0 Å². The third kappa shape index (κ3) is 4.88. The molecule has 1 unspecified atom stereocenters. The first-order chi connectivity index (χ1) is 26.3. The van der Waals surface area contributed by atoms with Crippen LogP contribution in [0.5, 0.6) is 11.5 Å². The minimum absolute atomic E-state index is 0.148. The molecule has 9 aromatic rings. The van der Waals surface area contributed by atoms with Gasteiger partial charge < -0.3 is 4.74 Å². The molecule has 7 aromatic carbocycles. The third-order valence-corrected chi connectivity index (χ3v) is 17.3. The number of imidazole rings is 1. The molecule has 0 fully saturated rings. The van der Waals surface area contributed by atoms with E-state index < -0.39 is 8.07 Å². The van der Waals surface area contributed by atoms with E-state index in [2.05, 4.69) is 196 Å². The van der Waals surface area contributed by atoms with Crippen LogP contribution < -0.4 is 25.5 Å². The van der Waals surface area contributed by atoms with Crippen LogP contribution in [0.25, 0.3) is 37.3 Å². The fourth-order valence-electron chi connectivity index (χ4n) is 8.91. The van der Waals surface area contributed by atoms with Crippen molar-refractivity contribution in [3.63, 3.8) is 0 Å². The number of ether oxygens (including phenoxy) is 1. The molecule has 0 N–H and O–H groups in total. The number of fused-ring (bicyclic) bond motifs is 7. The van der Waals surface area contributed by atoms with Crippen LogP contribution in [0.4, 0.5) is 0 Å². The molecule has 1 aliphatic rings. The lowest BCUT2D eigenvalue weighted by atomic mass is 9.82. The zero-order chi connectivity index (χ0) is 36.6. The molecule has 0 aliphatic carbocycles. The molecule has 2 aromatic heterocycles. The Bertz CT molecular complexity index is 2830. The van der Waals surface area contributed by atoms with Gasteiger partial charge in [0.1, 0.15) is 11.5 Å². The van der Waals surface area contributed by atoms with Gasteiger partial charge in [-0.25, -0.2) is 4.98 Å². The van der Waals surface area contributed by atoms with Crippen molar-refractivity contribution in [2.24, 2.45) is 0 Å². The molecule has 0 spiro atoms. The number of benzene rings is 7. The molecule has 3 heterocycles. The Kier molecular flexibility index (Phi) is 7.55. The van der Waals surface area contributed by atoms with Crippen molar-refractivity contribution < 1.29 is 4.74 Å². The van der Waals surface area contributed by atoms with E-state index in [9.17, 15) is 0 Å². The summed E-state index contributed by atoms with van der Waals surface area (Å²) in [6, 6.07) is 60.4. The van der Waals surface area contributed by atoms with Gasteiger partial charge in [-0.3, -0.25) is 4.40 Å². The largest absolute Gasteiger partial charge is 0.457 e. The number of nitrogens with zero attached hydrogens (tertiary/aromatic N) is 2. The molecule has 0 saturated heterocycles. The molecule has 1 aliphatic heterocycles. The van der Waals surface area contributed by atoms with E-state index in [0.717, 1.165) is 27.5 Å². The van der Waals surface area contributed by atoms with E-state index in [1.54, 1.807) is 11.3 Å². The number of rotatable bonds is 5. The Labute approximate surface area is 321 Å². The number of hydrogen-bond donors (Lipinski definition) is 0. The fraction of sp³-hybridized carbons (Fsp3) is 0.122. The molecule has 262 valence electrons. The van der Waals surface area contributed by atoms with Gasteiger partial charge in [0.2, 0.25) is 0 Å². The van der Waals surface area contributed by atoms with Crippen LogP contribution in [0.3, 0.4) is 0 Å². The van der Waals surface area contributed by atoms with Gasteiger partial charge in [0, 0.05) is 22.6 Å². The second kappa shape index (κ2) is 12.4. The molecule has 0 amide bonds. The van der Waals surface area contributed by atoms with Gasteiger partial charge in [0.15, 0.2) is 13.0 Å². The van der Waals surface area contributed by atoms with E-state index in [1.807, 2.05) is 0 Å². The smallest absolute Gasteiger partial charge is 0.195 e. The summed E-state index contributed by atoms with van der Waals surface area (Å²) in [5, 5.41) is 5.29. The van der Waals surface area contributed by atoms with Gasteiger partial charge in [0.25, 0.3) is 0 Å². The van der Waals surface area contributed by atoms with Crippen molar-refractivity contribution >= 4 is 66.4 Å². The molecular weight excluding hydrogens is 693 g/mol. The van der Waals surface area contributed by atoms with E-state index in [-0.39, 0.29) is 11.3 Å². The molecule has 1 atom stereocenters. The first-order valence-electron chi connectivity index (χ1n) is 18.8. The summed E-state index contributed by atoms with van der Waals surface area (Å²) in [7, 11) is -3.00. The molecule has 5 heteroatoms. The zero-order valence-electron chi connectivity index (χ0n) is 30.9. The Morgan fingerprint density at radius 2 is 1.26 bits per heavy atom. The topological polar surface area (TPSA) is 26.5 Å². The van der Waals surface area contributed by atoms with Crippen molar-refractivity contribution in [1.82, 2.24) is 9.38 Å². The second-order valence-electron chi connectivity index (χ2n) is 15.6. The standard InChI is InChI=1S/C49H40N2OSSi/c1-32-36-21-11-14-27-44(36)52-46-37(32)22-16-28-45(46)54(33-17-7-5-8-18-33,34-19-9-6-10-20-34)35-29-30-38(40(31-35)49(2,3)4)39-23-15-26-43-47(39)53-48-50-41-24-12-13-25-42(41)51(43)48/h5-32H,1-4H3. The van der Waals surface area contributed by atoms with Crippen molar-refractivity contribution in [2.45, 2.75) is 39.0 Å². The van der Waals surface area contributed by atoms with Crippen molar-refractivity contribution in [3.05, 3.63) is 180 Å². The molecule has 10 rings (SSSR count). The van der Waals surface area contributed by atoms with Crippen LogP contribution >= 0.6 is 11.3 Å². The lowest BCUT2D eigenvalue weighted by Gasteiger charge is -2.38. The second-order valence-corrected chi connectivity index (χ2v) is 20.3. The summed E-state index contributed by atoms with van der Waals surface area (Å²) in [5.41, 5.74) is 9.55. The van der Waals surface area contributed by atoms with Crippen LogP contribution in [0.2, 0.25) is 0 Å². The van der Waals surface area contributed by atoms with Crippen molar-refractivity contribution in [3.8, 4) is 22.6 Å². The highest BCUT2D eigenvalue weighted by Gasteiger charge is 2.46. The van der Waals surface area contributed by atoms with E-state index in [0.29, 0.717) is 0 Å². The highest BCUT2D eigenvalue weighted by molar-refractivity contribution is 7.24. The maximum absolute atomic E-state index is 7.07. The van der Waals surface area contributed by atoms with Crippen molar-refractivity contribution in [1.29, 1.82) is 0 Å². The van der Waals surface area contributed by atoms with Crippen LogP contribution in [0, 0.1) is 0 Å². The quantitative estimate of drug-likeness (QED) is 0.130. The molecule has 54 heavy (non-hydrogen) atoms. The monoisotopic (exact) mass is 732 g/mol. The van der Waals surface area contributed by atoms with Crippen LogP contribution in [-0.2, 0) is 5.41 Å². The average Bonchev–Trinajstić information content (AvgIpc) is 3.76. The molecular formula is C49H40N2OSSi. The summed E-state index contributed by atoms with van der Waals surface area (Å²) < 4.78 is 10.7. The van der Waals surface area contributed by atoms with Gasteiger partial charge in [0.05, 0.1) is 21.3 Å². The SMILES string of the molecule is CC1c2ccccc2Oc2c1cccc2[Si](c1ccccc1)(c1ccccc1)c1ccc(-c2cccc3c2sc2nc4ccccc4n23)c(C(C)(C)C)c1. The Morgan fingerprint density at radius 3 is 2.02 bits per heavy atom. The highest BCUT2D eigenvalue weighted by Crippen LogP contribution is 2.44. The van der Waals surface area contributed by atoms with Crippen LogP contribution in [0.1, 0.15) is 50.3 Å². The van der Waals surface area contributed by atoms with E-state index in [4.69, 9.17) is 9.72 Å². The maximum Gasteiger partial charge on any atom is 0.195 e. The van der Waals surface area contributed by atoms with Gasteiger partial charge in [-0.2, -0.15) is 0 Å². The van der Waals surface area contributed by atoms with Gasteiger partial charge in [-0.05, 0) is 61.6 Å². The summed E-state index contributed by atoms with van der Waals surface area (Å²) in [6.45, 7) is 9.37. The van der Waals surface area contributed by atoms with Gasteiger partial charge in [-0.1, -0.05) is 179 Å². The minimum atomic E-state index is -3.00. The highest BCUT2D eigenvalue weighted by atomic mass is 32.1. The molecule has 0 radical (unpaired) electrons. The number of thiazole rings is 1. The molecule has 0 saturated carbocycles.